The van der Waals surface area contributed by atoms with E-state index in [0.717, 1.165) is 26.1 Å². The van der Waals surface area contributed by atoms with Crippen molar-refractivity contribution in [2.75, 3.05) is 39.4 Å². The van der Waals surface area contributed by atoms with E-state index in [2.05, 4.69) is 23.3 Å². The third-order valence-corrected chi connectivity index (χ3v) is 6.27. The first kappa shape index (κ1) is 36.2. The van der Waals surface area contributed by atoms with E-state index in [9.17, 15) is 17.8 Å². The molecule has 1 atom stereocenters. The molecule has 8 nitrogen and oxygen atoms in total. The molecule has 0 spiro atoms. The summed E-state index contributed by atoms with van der Waals surface area (Å²) in [6.07, 6.45) is 22.5. The van der Waals surface area contributed by atoms with Crippen molar-refractivity contribution in [3.8, 4) is 0 Å². The van der Waals surface area contributed by atoms with Crippen LogP contribution in [0.3, 0.4) is 0 Å². The minimum absolute atomic E-state index is 0.00847. The molecule has 0 bridgehead atoms. The lowest BCUT2D eigenvalue weighted by atomic mass is 10.0. The van der Waals surface area contributed by atoms with E-state index in [1.54, 1.807) is 6.08 Å². The number of aliphatic hydroxyl groups is 1. The highest BCUT2D eigenvalue weighted by molar-refractivity contribution is 7.80. The van der Waals surface area contributed by atoms with Gasteiger partial charge in [0.1, 0.15) is 6.54 Å². The van der Waals surface area contributed by atoms with Crippen LogP contribution in [-0.2, 0) is 19.4 Å². The van der Waals surface area contributed by atoms with Crippen molar-refractivity contribution in [2.24, 2.45) is 0 Å². The first-order valence-corrected chi connectivity index (χ1v) is 15.1. The van der Waals surface area contributed by atoms with Crippen molar-refractivity contribution in [1.82, 2.24) is 5.32 Å². The maximum atomic E-state index is 11.7. The Morgan fingerprint density at radius 1 is 0.886 bits per heavy atom. The maximum Gasteiger partial charge on any atom is 0.243 e. The summed E-state index contributed by atoms with van der Waals surface area (Å²) in [5.74, 6) is 0.00847. The van der Waals surface area contributed by atoms with Gasteiger partial charge in [0.25, 0.3) is 0 Å². The van der Waals surface area contributed by atoms with Crippen LogP contribution in [0.25, 0.3) is 0 Å². The van der Waals surface area contributed by atoms with Crippen molar-refractivity contribution in [3.63, 3.8) is 0 Å². The number of nitrogens with one attached hydrogen (secondary N) is 2. The molecule has 1 amide bonds. The van der Waals surface area contributed by atoms with Gasteiger partial charge in [0.2, 0.25) is 16.3 Å². The molecule has 210 valence electrons. The molecule has 0 aliphatic carbocycles. The lowest BCUT2D eigenvalue weighted by Crippen LogP contribution is -3.12. The Kier molecular flexibility index (Phi) is 28.5. The van der Waals surface area contributed by atoms with Crippen molar-refractivity contribution in [2.45, 2.75) is 111 Å². The van der Waals surface area contributed by atoms with Gasteiger partial charge in [0, 0.05) is 0 Å². The van der Waals surface area contributed by atoms with E-state index < -0.39 is 10.4 Å². The number of aliphatic hydroxyl groups excluding tert-OH is 1. The fraction of sp³-hybridized carbons (Fsp3) is 0.885. The first-order valence-electron chi connectivity index (χ1n) is 13.8. The molecule has 0 radical (unpaired) electrons. The van der Waals surface area contributed by atoms with Gasteiger partial charge in [-0.25, -0.2) is 8.42 Å². The van der Waals surface area contributed by atoms with Gasteiger partial charge in [0.05, 0.1) is 32.8 Å². The number of likely N-dealkylation sites (N-methyl/N-ethyl adjacent to an activating group) is 1. The maximum absolute atomic E-state index is 11.7. The van der Waals surface area contributed by atoms with Gasteiger partial charge in [-0.2, -0.15) is 0 Å². The van der Waals surface area contributed by atoms with Crippen molar-refractivity contribution >= 4 is 16.3 Å². The predicted molar refractivity (Wildman–Crippen MR) is 142 cm³/mol. The summed E-state index contributed by atoms with van der Waals surface area (Å²) < 4.78 is 32.0. The zero-order valence-electron chi connectivity index (χ0n) is 22.7. The third-order valence-electron chi connectivity index (χ3n) is 5.75. The topological polar surface area (TPSA) is 120 Å². The standard InChI is InChI=1S/C24H48N2O2.C2H6O4S/c1-3-5-6-7-8-9-10-11-12-13-14-15-16-17-18-19-24(28)25-20-21-26(4-2)22-23-27;1-2-6-7(3,4)5/h18-19,27H,3-17,20-23H2,1-2H3,(H,25,28);2H2,1H3,(H,3,4,5)/b19-18+;. The molecule has 35 heavy (non-hydrogen) atoms. The highest BCUT2D eigenvalue weighted by Gasteiger charge is 2.04. The van der Waals surface area contributed by atoms with E-state index in [-0.39, 0.29) is 19.1 Å². The largest absolute Gasteiger partial charge is 0.726 e. The fourth-order valence-corrected chi connectivity index (χ4v) is 3.96. The quantitative estimate of drug-likeness (QED) is 0.0817. The molecule has 3 N–H and O–H groups in total. The van der Waals surface area contributed by atoms with Gasteiger partial charge in [-0.3, -0.25) is 8.98 Å². The molecular formula is C26H54N2O6S. The summed E-state index contributed by atoms with van der Waals surface area (Å²) in [5, 5.41) is 11.9. The summed E-state index contributed by atoms with van der Waals surface area (Å²) in [6, 6.07) is 0. The zero-order chi connectivity index (χ0) is 26.6. The van der Waals surface area contributed by atoms with Crippen LogP contribution in [0.2, 0.25) is 0 Å². The molecule has 0 fully saturated rings. The van der Waals surface area contributed by atoms with E-state index in [4.69, 9.17) is 5.11 Å². The monoisotopic (exact) mass is 522 g/mol. The second-order valence-electron chi connectivity index (χ2n) is 8.87. The van der Waals surface area contributed by atoms with Crippen LogP contribution in [0.5, 0.6) is 0 Å². The van der Waals surface area contributed by atoms with Gasteiger partial charge >= 0.3 is 0 Å². The number of unbranched alkanes of at least 4 members (excludes halogenated alkanes) is 13. The van der Waals surface area contributed by atoms with Gasteiger partial charge in [-0.05, 0) is 32.8 Å². The second-order valence-corrected chi connectivity index (χ2v) is 9.92. The molecular weight excluding hydrogens is 468 g/mol. The SMILES string of the molecule is CCCCCCCCCCCCCCC/C=C/C(=O)NCC[NH+](CC)CCO.CCOS(=O)(=O)[O-]. The Morgan fingerprint density at radius 2 is 1.40 bits per heavy atom. The Hall–Kier alpha value is -1.00. The van der Waals surface area contributed by atoms with E-state index in [1.165, 1.54) is 95.3 Å². The Bertz CT molecular complexity index is 584. The first-order chi connectivity index (χ1) is 16.8. The zero-order valence-corrected chi connectivity index (χ0v) is 23.5. The third kappa shape index (κ3) is 33.0. The summed E-state index contributed by atoms with van der Waals surface area (Å²) in [4.78, 5) is 13.1. The molecule has 0 aliphatic heterocycles. The fourth-order valence-electron chi connectivity index (χ4n) is 3.67. The summed E-state index contributed by atoms with van der Waals surface area (Å²) >= 11 is 0. The average molecular weight is 523 g/mol. The van der Waals surface area contributed by atoms with Crippen LogP contribution < -0.4 is 10.2 Å². The molecule has 0 aromatic heterocycles. The number of rotatable bonds is 23. The molecule has 0 aromatic rings. The second kappa shape index (κ2) is 27.6. The molecule has 0 aromatic carbocycles. The molecule has 9 heteroatoms. The van der Waals surface area contributed by atoms with Gasteiger partial charge < -0.3 is 19.9 Å². The average Bonchev–Trinajstić information content (AvgIpc) is 2.80. The van der Waals surface area contributed by atoms with Gasteiger partial charge in [0.15, 0.2) is 0 Å². The van der Waals surface area contributed by atoms with Gasteiger partial charge in [-0.15, -0.1) is 0 Å². The molecule has 0 saturated heterocycles. The van der Waals surface area contributed by atoms with Crippen LogP contribution in [0.1, 0.15) is 111 Å². The van der Waals surface area contributed by atoms with Gasteiger partial charge in [-0.1, -0.05) is 90.0 Å². The van der Waals surface area contributed by atoms with E-state index >= 15 is 0 Å². The summed E-state index contributed by atoms with van der Waals surface area (Å²) in [6.45, 7) is 9.19. The molecule has 0 heterocycles. The van der Waals surface area contributed by atoms with Crippen molar-refractivity contribution in [3.05, 3.63) is 12.2 Å². The van der Waals surface area contributed by atoms with Crippen LogP contribution in [0, 0.1) is 0 Å². The number of carbonyl (C=O) groups excluding carboxylic acids is 1. The number of quaternary nitrogens is 1. The van der Waals surface area contributed by atoms with Crippen LogP contribution in [0.4, 0.5) is 0 Å². The Labute approximate surface area is 215 Å². The highest BCUT2D eigenvalue weighted by Crippen LogP contribution is 2.12. The number of hydrogen-bond donors (Lipinski definition) is 3. The lowest BCUT2D eigenvalue weighted by molar-refractivity contribution is -0.897. The number of allylic oxidation sites excluding steroid dienone is 1. The normalized spacial score (nSPS) is 12.4. The summed E-state index contributed by atoms with van der Waals surface area (Å²) in [5.41, 5.74) is 0. The van der Waals surface area contributed by atoms with Crippen molar-refractivity contribution < 1.29 is 32.0 Å². The van der Waals surface area contributed by atoms with Crippen LogP contribution in [0.15, 0.2) is 12.2 Å². The number of hydrogen-bond acceptors (Lipinski definition) is 6. The van der Waals surface area contributed by atoms with E-state index in [1.807, 2.05) is 6.08 Å². The van der Waals surface area contributed by atoms with Crippen LogP contribution >= 0.6 is 0 Å². The number of amides is 1. The molecule has 0 saturated carbocycles. The Balaban J connectivity index is 0. The highest BCUT2D eigenvalue weighted by atomic mass is 32.3. The van der Waals surface area contributed by atoms with Crippen LogP contribution in [-0.4, -0.2) is 63.4 Å². The minimum atomic E-state index is -4.42. The molecule has 1 unspecified atom stereocenters. The Morgan fingerprint density at radius 3 is 1.80 bits per heavy atom. The smallest absolute Gasteiger partial charge is 0.243 e. The lowest BCUT2D eigenvalue weighted by Gasteiger charge is -2.16. The number of carbonyl (C=O) groups is 1. The van der Waals surface area contributed by atoms with E-state index in [0.29, 0.717) is 6.54 Å². The molecule has 0 aliphatic rings. The van der Waals surface area contributed by atoms with Crippen molar-refractivity contribution in [1.29, 1.82) is 0 Å². The summed E-state index contributed by atoms with van der Waals surface area (Å²) in [7, 11) is -4.42. The molecule has 0 rings (SSSR count). The predicted octanol–water partition coefficient (Wildman–Crippen LogP) is 3.52. The minimum Gasteiger partial charge on any atom is -0.726 e.